The van der Waals surface area contributed by atoms with Crippen LogP contribution in [0.5, 0.6) is 0 Å². The van der Waals surface area contributed by atoms with E-state index in [0.29, 0.717) is 5.02 Å². The summed E-state index contributed by atoms with van der Waals surface area (Å²) >= 11 is 5.72. The third-order valence-corrected chi connectivity index (χ3v) is 5.19. The largest absolute Gasteiger partial charge is 0.465 e. The number of carboxylic acid groups (broad SMARTS) is 1. The molecule has 0 saturated heterocycles. The lowest BCUT2D eigenvalue weighted by molar-refractivity contribution is -0.164. The number of alkyl halides is 3. The number of hydrogen-bond donors (Lipinski definition) is 4. The normalized spacial score (nSPS) is 20.2. The van der Waals surface area contributed by atoms with Gasteiger partial charge in [0.25, 0.3) is 11.9 Å². The smallest absolute Gasteiger partial charge is 0.412 e. The van der Waals surface area contributed by atoms with E-state index in [4.69, 9.17) is 27.2 Å². The molecule has 182 valence electrons. The van der Waals surface area contributed by atoms with Crippen LogP contribution in [0, 0.1) is 5.82 Å². The summed E-state index contributed by atoms with van der Waals surface area (Å²) in [4.78, 5) is 30.2. The van der Waals surface area contributed by atoms with Crippen LogP contribution in [-0.4, -0.2) is 40.3 Å². The minimum Gasteiger partial charge on any atom is -0.465 e. The number of carbonyl (C=O) groups excluding carboxylic acids is 1. The van der Waals surface area contributed by atoms with Gasteiger partial charge in [0.05, 0.1) is 5.02 Å². The first-order valence-corrected chi connectivity index (χ1v) is 9.98. The number of nitrogens with one attached hydrogen (secondary N) is 2. The Morgan fingerprint density at radius 3 is 2.65 bits per heavy atom. The van der Waals surface area contributed by atoms with Gasteiger partial charge in [-0.3, -0.25) is 4.79 Å². The number of amidine groups is 1. The number of rotatable bonds is 4. The standard InChI is InChI=1S/C20H18ClF4N5O4/c1-19(6-15(20(23,24)25)29-17(34-19)30-18(32)33)11-5-13(26)9(4-12(11)22)7-28-16(31)14-3-2-10(21)8-27-14/h2-5,8,15H,6-7,26H2,1H3,(H,28,31)(H,29,30)(H,32,33)/t15-,19-/m0/s1. The summed E-state index contributed by atoms with van der Waals surface area (Å²) in [5, 5.41) is 13.3. The molecule has 2 aromatic rings. The third-order valence-electron chi connectivity index (χ3n) is 4.97. The van der Waals surface area contributed by atoms with Crippen molar-refractivity contribution in [1.29, 1.82) is 0 Å². The van der Waals surface area contributed by atoms with E-state index in [9.17, 15) is 22.8 Å². The fraction of sp³-hybridized carbons (Fsp3) is 0.300. The SMILES string of the molecule is C[C@@]1(c2cc(N)c(CNC(=O)c3ccc(Cl)cn3)cc2F)C[C@@H](C(F)(F)F)N=C(NC(=O)O)O1. The molecule has 1 aliphatic heterocycles. The molecule has 9 nitrogen and oxygen atoms in total. The van der Waals surface area contributed by atoms with Gasteiger partial charge < -0.3 is 20.9 Å². The highest BCUT2D eigenvalue weighted by Crippen LogP contribution is 2.41. The number of hydrogen-bond acceptors (Lipinski definition) is 6. The molecule has 0 radical (unpaired) electrons. The van der Waals surface area contributed by atoms with Crippen LogP contribution in [0.25, 0.3) is 0 Å². The lowest BCUT2D eigenvalue weighted by atomic mass is 9.86. The summed E-state index contributed by atoms with van der Waals surface area (Å²) in [7, 11) is 0. The van der Waals surface area contributed by atoms with Crippen LogP contribution in [0.1, 0.15) is 35.0 Å². The van der Waals surface area contributed by atoms with Gasteiger partial charge in [0.1, 0.15) is 17.1 Å². The summed E-state index contributed by atoms with van der Waals surface area (Å²) in [5.41, 5.74) is 3.84. The van der Waals surface area contributed by atoms with Gasteiger partial charge in [-0.25, -0.2) is 24.5 Å². The zero-order valence-corrected chi connectivity index (χ0v) is 18.2. The van der Waals surface area contributed by atoms with Gasteiger partial charge in [-0.15, -0.1) is 0 Å². The predicted molar refractivity (Wildman–Crippen MR) is 113 cm³/mol. The first-order valence-electron chi connectivity index (χ1n) is 9.60. The van der Waals surface area contributed by atoms with Crippen molar-refractivity contribution in [2.24, 2.45) is 4.99 Å². The first kappa shape index (κ1) is 25.0. The number of ether oxygens (including phenoxy) is 1. The van der Waals surface area contributed by atoms with Gasteiger partial charge >= 0.3 is 12.3 Å². The number of nitrogen functional groups attached to an aromatic ring is 1. The molecule has 0 saturated carbocycles. The minimum atomic E-state index is -4.83. The van der Waals surface area contributed by atoms with E-state index < -0.39 is 48.1 Å². The molecule has 34 heavy (non-hydrogen) atoms. The van der Waals surface area contributed by atoms with Crippen molar-refractivity contribution >= 4 is 35.3 Å². The number of carbonyl (C=O) groups is 2. The van der Waals surface area contributed by atoms with Crippen LogP contribution in [0.15, 0.2) is 35.5 Å². The zero-order valence-electron chi connectivity index (χ0n) is 17.4. The molecule has 1 aromatic carbocycles. The molecule has 0 spiro atoms. The maximum atomic E-state index is 15.0. The number of amides is 2. The van der Waals surface area contributed by atoms with E-state index >= 15 is 4.39 Å². The lowest BCUT2D eigenvalue weighted by Crippen LogP contribution is -2.48. The van der Waals surface area contributed by atoms with Gasteiger partial charge in [0, 0.05) is 30.4 Å². The number of aromatic nitrogens is 1. The molecular weight excluding hydrogens is 486 g/mol. The molecule has 2 amide bonds. The van der Waals surface area contributed by atoms with Crippen molar-refractivity contribution in [3.05, 3.63) is 58.1 Å². The maximum Gasteiger partial charge on any atom is 0.412 e. The van der Waals surface area contributed by atoms with Crippen LogP contribution >= 0.6 is 11.6 Å². The Hall–Kier alpha value is -3.61. The highest BCUT2D eigenvalue weighted by atomic mass is 35.5. The van der Waals surface area contributed by atoms with E-state index in [1.165, 1.54) is 18.3 Å². The van der Waals surface area contributed by atoms with Crippen LogP contribution in [0.2, 0.25) is 5.02 Å². The second-order valence-electron chi connectivity index (χ2n) is 7.53. The first-order chi connectivity index (χ1) is 15.8. The number of pyridine rings is 1. The van der Waals surface area contributed by atoms with Crippen LogP contribution < -0.4 is 16.4 Å². The van der Waals surface area contributed by atoms with E-state index in [-0.39, 0.29) is 29.1 Å². The molecule has 0 fully saturated rings. The van der Waals surface area contributed by atoms with E-state index in [0.717, 1.165) is 19.1 Å². The van der Waals surface area contributed by atoms with E-state index in [1.807, 2.05) is 0 Å². The highest BCUT2D eigenvalue weighted by Gasteiger charge is 2.50. The maximum absolute atomic E-state index is 15.0. The van der Waals surface area contributed by atoms with Crippen molar-refractivity contribution in [3.63, 3.8) is 0 Å². The van der Waals surface area contributed by atoms with E-state index in [2.05, 4.69) is 15.3 Å². The minimum absolute atomic E-state index is 0.0376. The average molecular weight is 504 g/mol. The predicted octanol–water partition coefficient (Wildman–Crippen LogP) is 3.58. The van der Waals surface area contributed by atoms with Crippen molar-refractivity contribution in [2.75, 3.05) is 5.73 Å². The van der Waals surface area contributed by atoms with Crippen molar-refractivity contribution < 1.29 is 37.0 Å². The topological polar surface area (TPSA) is 139 Å². The van der Waals surface area contributed by atoms with E-state index in [1.54, 1.807) is 5.32 Å². The molecular formula is C20H18ClF4N5O4. The highest BCUT2D eigenvalue weighted by molar-refractivity contribution is 6.30. The summed E-state index contributed by atoms with van der Waals surface area (Å²) in [6, 6.07) is 1.60. The fourth-order valence-electron chi connectivity index (χ4n) is 3.31. The number of halogens is 5. The number of aliphatic imine (C=N–C) groups is 1. The number of anilines is 1. The van der Waals surface area contributed by atoms with Crippen LogP contribution in [0.4, 0.5) is 28.0 Å². The Kier molecular flexibility index (Phi) is 6.87. The van der Waals surface area contributed by atoms with Gasteiger partial charge in [-0.05, 0) is 36.8 Å². The Morgan fingerprint density at radius 1 is 1.35 bits per heavy atom. The molecule has 3 rings (SSSR count). The average Bonchev–Trinajstić information content (AvgIpc) is 2.72. The number of nitrogens with two attached hydrogens (primary N) is 1. The van der Waals surface area contributed by atoms with Gasteiger partial charge in [0.15, 0.2) is 6.04 Å². The van der Waals surface area contributed by atoms with Crippen molar-refractivity contribution in [1.82, 2.24) is 15.6 Å². The third kappa shape index (κ3) is 5.65. The quantitative estimate of drug-likeness (QED) is 0.371. The Labute approximate surface area is 195 Å². The second-order valence-corrected chi connectivity index (χ2v) is 7.97. The molecule has 5 N–H and O–H groups in total. The molecule has 2 atom stereocenters. The Bertz CT molecular complexity index is 1140. The molecule has 0 bridgehead atoms. The molecule has 2 heterocycles. The Balaban J connectivity index is 1.85. The lowest BCUT2D eigenvalue weighted by Gasteiger charge is -2.38. The van der Waals surface area contributed by atoms with Crippen LogP contribution in [0.3, 0.4) is 0 Å². The molecule has 14 heteroatoms. The fourth-order valence-corrected chi connectivity index (χ4v) is 3.42. The van der Waals surface area contributed by atoms with Crippen molar-refractivity contribution in [2.45, 2.75) is 37.7 Å². The van der Waals surface area contributed by atoms with Gasteiger partial charge in [-0.2, -0.15) is 13.2 Å². The summed E-state index contributed by atoms with van der Waals surface area (Å²) in [6.07, 6.45) is -6.09. The molecule has 0 aliphatic carbocycles. The van der Waals surface area contributed by atoms with Crippen LogP contribution in [-0.2, 0) is 16.9 Å². The van der Waals surface area contributed by atoms with Gasteiger partial charge in [-0.1, -0.05) is 11.6 Å². The summed E-state index contributed by atoms with van der Waals surface area (Å²) < 4.78 is 60.5. The van der Waals surface area contributed by atoms with Gasteiger partial charge in [0.2, 0.25) is 0 Å². The number of nitrogens with zero attached hydrogens (tertiary/aromatic N) is 2. The zero-order chi connectivity index (χ0) is 25.3. The Morgan fingerprint density at radius 2 is 2.06 bits per heavy atom. The second kappa shape index (κ2) is 9.33. The summed E-state index contributed by atoms with van der Waals surface area (Å²) in [6.45, 7) is 0.956. The number of benzene rings is 1. The summed E-state index contributed by atoms with van der Waals surface area (Å²) in [5.74, 6) is -1.56. The molecule has 1 aliphatic rings. The molecule has 0 unspecified atom stereocenters. The monoisotopic (exact) mass is 503 g/mol. The van der Waals surface area contributed by atoms with Crippen molar-refractivity contribution in [3.8, 4) is 0 Å². The molecule has 1 aromatic heterocycles.